The molecule has 4 nitrogen and oxygen atoms in total. The molecule has 1 aromatic rings. The van der Waals surface area contributed by atoms with Crippen molar-refractivity contribution in [1.29, 1.82) is 0 Å². The number of methoxy groups -OCH3 is 1. The average Bonchev–Trinajstić information content (AvgIpc) is 2.37. The Balaban J connectivity index is 2.18. The zero-order valence-corrected chi connectivity index (χ0v) is 12.1. The van der Waals surface area contributed by atoms with E-state index in [1.165, 1.54) is 5.56 Å². The van der Waals surface area contributed by atoms with Crippen LogP contribution in [0.4, 0.5) is 0 Å². The minimum Gasteiger partial charge on any atom is -0.491 e. The molecule has 0 aliphatic carbocycles. The Morgan fingerprint density at radius 2 is 2.00 bits per heavy atom. The summed E-state index contributed by atoms with van der Waals surface area (Å²) in [6, 6.07) is 8.16. The highest BCUT2D eigenvalue weighted by atomic mass is 16.5. The molecule has 0 aliphatic rings. The van der Waals surface area contributed by atoms with Gasteiger partial charge in [0.15, 0.2) is 0 Å². The molecule has 0 unspecified atom stereocenters. The maximum absolute atomic E-state index is 5.66. The molecule has 0 saturated carbocycles. The van der Waals surface area contributed by atoms with Crippen molar-refractivity contribution < 1.29 is 14.2 Å². The normalized spacial score (nSPS) is 10.9. The van der Waals surface area contributed by atoms with E-state index in [0.717, 1.165) is 18.8 Å². The first-order chi connectivity index (χ1) is 9.22. The van der Waals surface area contributed by atoms with Crippen LogP contribution >= 0.6 is 0 Å². The monoisotopic (exact) mass is 267 g/mol. The lowest BCUT2D eigenvalue weighted by Gasteiger charge is -2.11. The standard InChI is InChI=1S/C15H25NO3/c1-13(2)19-15-6-4-5-14(11-15)12-16-7-8-18-10-9-17-3/h4-6,11,13,16H,7-10,12H2,1-3H3. The summed E-state index contributed by atoms with van der Waals surface area (Å²) in [6.07, 6.45) is 0.206. The van der Waals surface area contributed by atoms with Gasteiger partial charge in [0, 0.05) is 20.2 Å². The molecule has 0 aliphatic heterocycles. The molecular weight excluding hydrogens is 242 g/mol. The second-order valence-corrected chi connectivity index (χ2v) is 4.60. The summed E-state index contributed by atoms with van der Waals surface area (Å²) in [6.45, 7) is 7.71. The fourth-order valence-electron chi connectivity index (χ4n) is 1.62. The summed E-state index contributed by atoms with van der Waals surface area (Å²) >= 11 is 0. The van der Waals surface area contributed by atoms with Crippen molar-refractivity contribution in [3.63, 3.8) is 0 Å². The number of rotatable bonds is 10. The van der Waals surface area contributed by atoms with Gasteiger partial charge < -0.3 is 19.5 Å². The molecule has 0 heterocycles. The molecule has 0 radical (unpaired) electrons. The zero-order valence-electron chi connectivity index (χ0n) is 12.1. The molecular formula is C15H25NO3. The first kappa shape index (κ1) is 16.0. The summed E-state index contributed by atoms with van der Waals surface area (Å²) in [5, 5.41) is 3.34. The molecule has 0 spiro atoms. The lowest BCUT2D eigenvalue weighted by atomic mass is 10.2. The molecule has 1 rings (SSSR count). The molecule has 0 saturated heterocycles. The Morgan fingerprint density at radius 1 is 1.16 bits per heavy atom. The SMILES string of the molecule is COCCOCCNCc1cccc(OC(C)C)c1. The molecule has 0 aromatic heterocycles. The van der Waals surface area contributed by atoms with E-state index in [1.54, 1.807) is 7.11 Å². The van der Waals surface area contributed by atoms with Crippen molar-refractivity contribution in [2.75, 3.05) is 33.5 Å². The van der Waals surface area contributed by atoms with Gasteiger partial charge in [-0.25, -0.2) is 0 Å². The third kappa shape index (κ3) is 7.82. The van der Waals surface area contributed by atoms with Gasteiger partial charge in [0.1, 0.15) is 5.75 Å². The molecule has 0 fully saturated rings. The third-order valence-electron chi connectivity index (χ3n) is 2.45. The van der Waals surface area contributed by atoms with Crippen molar-refractivity contribution in [3.05, 3.63) is 29.8 Å². The number of ether oxygens (including phenoxy) is 3. The van der Waals surface area contributed by atoms with Gasteiger partial charge in [-0.2, -0.15) is 0 Å². The molecule has 0 bridgehead atoms. The topological polar surface area (TPSA) is 39.7 Å². The van der Waals surface area contributed by atoms with Gasteiger partial charge in [-0.05, 0) is 31.5 Å². The van der Waals surface area contributed by atoms with Crippen LogP contribution in [0, 0.1) is 0 Å². The predicted molar refractivity (Wildman–Crippen MR) is 76.6 cm³/mol. The van der Waals surface area contributed by atoms with E-state index in [-0.39, 0.29) is 6.10 Å². The van der Waals surface area contributed by atoms with E-state index in [0.29, 0.717) is 19.8 Å². The molecule has 0 atom stereocenters. The summed E-state index contributed by atoms with van der Waals surface area (Å²) in [7, 11) is 1.67. The second-order valence-electron chi connectivity index (χ2n) is 4.60. The maximum Gasteiger partial charge on any atom is 0.120 e. The Labute approximate surface area is 116 Å². The minimum atomic E-state index is 0.206. The Kier molecular flexibility index (Phi) is 8.21. The summed E-state index contributed by atoms with van der Waals surface area (Å²) in [5.74, 6) is 0.922. The van der Waals surface area contributed by atoms with Gasteiger partial charge in [-0.15, -0.1) is 0 Å². The van der Waals surface area contributed by atoms with Crippen molar-refractivity contribution in [2.45, 2.75) is 26.5 Å². The van der Waals surface area contributed by atoms with Gasteiger partial charge in [0.2, 0.25) is 0 Å². The van der Waals surface area contributed by atoms with Gasteiger partial charge in [0.05, 0.1) is 25.9 Å². The quantitative estimate of drug-likeness (QED) is 0.660. The van der Waals surface area contributed by atoms with Crippen LogP contribution in [0.1, 0.15) is 19.4 Å². The van der Waals surface area contributed by atoms with Crippen LogP contribution in [0.25, 0.3) is 0 Å². The van der Waals surface area contributed by atoms with Crippen LogP contribution in [0.15, 0.2) is 24.3 Å². The molecule has 0 amide bonds. The summed E-state index contributed by atoms with van der Waals surface area (Å²) in [4.78, 5) is 0. The third-order valence-corrected chi connectivity index (χ3v) is 2.45. The Bertz CT molecular complexity index is 342. The number of benzene rings is 1. The van der Waals surface area contributed by atoms with Crippen molar-refractivity contribution in [3.8, 4) is 5.75 Å². The molecule has 1 N–H and O–H groups in total. The smallest absolute Gasteiger partial charge is 0.120 e. The Hall–Kier alpha value is -1.10. The largest absolute Gasteiger partial charge is 0.491 e. The highest BCUT2D eigenvalue weighted by Gasteiger charge is 1.99. The van der Waals surface area contributed by atoms with E-state index in [1.807, 2.05) is 26.0 Å². The maximum atomic E-state index is 5.66. The van der Waals surface area contributed by atoms with Gasteiger partial charge in [-0.3, -0.25) is 0 Å². The van der Waals surface area contributed by atoms with Gasteiger partial charge in [0.25, 0.3) is 0 Å². The number of hydrogen-bond donors (Lipinski definition) is 1. The fourth-order valence-corrected chi connectivity index (χ4v) is 1.62. The predicted octanol–water partition coefficient (Wildman–Crippen LogP) is 2.23. The first-order valence-electron chi connectivity index (χ1n) is 6.75. The van der Waals surface area contributed by atoms with E-state index in [4.69, 9.17) is 14.2 Å². The van der Waals surface area contributed by atoms with Crippen LogP contribution in [0.5, 0.6) is 5.75 Å². The van der Waals surface area contributed by atoms with Crippen LogP contribution in [0.3, 0.4) is 0 Å². The van der Waals surface area contributed by atoms with Crippen LogP contribution < -0.4 is 10.1 Å². The molecule has 108 valence electrons. The van der Waals surface area contributed by atoms with E-state index < -0.39 is 0 Å². The highest BCUT2D eigenvalue weighted by molar-refractivity contribution is 5.28. The molecule has 1 aromatic carbocycles. The van der Waals surface area contributed by atoms with Crippen LogP contribution in [-0.2, 0) is 16.0 Å². The highest BCUT2D eigenvalue weighted by Crippen LogP contribution is 2.14. The second kappa shape index (κ2) is 9.78. The van der Waals surface area contributed by atoms with Crippen LogP contribution in [-0.4, -0.2) is 39.6 Å². The van der Waals surface area contributed by atoms with Crippen molar-refractivity contribution in [2.24, 2.45) is 0 Å². The minimum absolute atomic E-state index is 0.206. The fraction of sp³-hybridized carbons (Fsp3) is 0.600. The molecule has 4 heteroatoms. The van der Waals surface area contributed by atoms with Gasteiger partial charge in [-0.1, -0.05) is 12.1 Å². The zero-order chi connectivity index (χ0) is 13.9. The number of hydrogen-bond acceptors (Lipinski definition) is 4. The van der Waals surface area contributed by atoms with Gasteiger partial charge >= 0.3 is 0 Å². The Morgan fingerprint density at radius 3 is 2.74 bits per heavy atom. The first-order valence-corrected chi connectivity index (χ1v) is 6.75. The van der Waals surface area contributed by atoms with Crippen LogP contribution in [0.2, 0.25) is 0 Å². The van der Waals surface area contributed by atoms with E-state index >= 15 is 0 Å². The lowest BCUT2D eigenvalue weighted by molar-refractivity contribution is 0.0719. The summed E-state index contributed by atoms with van der Waals surface area (Å²) < 4.78 is 15.9. The average molecular weight is 267 g/mol. The summed E-state index contributed by atoms with van der Waals surface area (Å²) in [5.41, 5.74) is 1.22. The number of nitrogens with one attached hydrogen (secondary N) is 1. The molecule has 19 heavy (non-hydrogen) atoms. The van der Waals surface area contributed by atoms with Crippen molar-refractivity contribution >= 4 is 0 Å². The van der Waals surface area contributed by atoms with E-state index in [2.05, 4.69) is 17.4 Å². The lowest BCUT2D eigenvalue weighted by Crippen LogP contribution is -2.20. The van der Waals surface area contributed by atoms with E-state index in [9.17, 15) is 0 Å². The van der Waals surface area contributed by atoms with Crippen molar-refractivity contribution in [1.82, 2.24) is 5.32 Å².